The smallest absolute Gasteiger partial charge is 0.323 e. The highest BCUT2D eigenvalue weighted by Gasteiger charge is 2.13. The largest absolute Gasteiger partial charge is 0.490 e. The Hall–Kier alpha value is -4.49. The highest BCUT2D eigenvalue weighted by Crippen LogP contribution is 2.28. The summed E-state index contributed by atoms with van der Waals surface area (Å²) in [4.78, 5) is 22.4. The molecule has 206 valence electrons. The fraction of sp³-hybridized carbons (Fsp3) is 0.188. The van der Waals surface area contributed by atoms with Gasteiger partial charge in [0.15, 0.2) is 0 Å². The zero-order valence-electron chi connectivity index (χ0n) is 21.8. The zero-order valence-corrected chi connectivity index (χ0v) is 22.6. The number of carbonyl (C=O) groups is 2. The van der Waals surface area contributed by atoms with Gasteiger partial charge in [-0.05, 0) is 72.0 Å². The number of hydrogen-bond donors (Lipinski definition) is 2. The van der Waals surface area contributed by atoms with Crippen molar-refractivity contribution in [2.75, 3.05) is 13.2 Å². The molecule has 0 aliphatic heterocycles. The Balaban J connectivity index is 1.38. The second-order valence-electron chi connectivity index (χ2n) is 9.12. The van der Waals surface area contributed by atoms with Gasteiger partial charge in [-0.2, -0.15) is 0 Å². The Kier molecular flexibility index (Phi) is 10.0. The van der Waals surface area contributed by atoms with Gasteiger partial charge in [0.05, 0.1) is 5.52 Å². The van der Waals surface area contributed by atoms with Crippen molar-refractivity contribution in [1.82, 2.24) is 4.57 Å². The number of halogens is 1. The van der Waals surface area contributed by atoms with E-state index in [0.717, 1.165) is 33.3 Å². The summed E-state index contributed by atoms with van der Waals surface area (Å²) >= 11 is 5.95. The number of fused-ring (bicyclic) bond motifs is 1. The summed E-state index contributed by atoms with van der Waals surface area (Å²) in [6, 6.07) is 20.8. The van der Waals surface area contributed by atoms with E-state index in [4.69, 9.17) is 26.2 Å². The van der Waals surface area contributed by atoms with Crippen molar-refractivity contribution in [2.24, 2.45) is 0 Å². The van der Waals surface area contributed by atoms with Crippen LogP contribution in [-0.2, 0) is 22.6 Å². The fourth-order valence-electron chi connectivity index (χ4n) is 4.34. The summed E-state index contributed by atoms with van der Waals surface area (Å²) in [5.74, 6) is -0.331. The maximum atomic E-state index is 11.5. The number of hydrogen-bond acceptors (Lipinski definition) is 4. The summed E-state index contributed by atoms with van der Waals surface area (Å²) in [6.45, 7) is 0.652. The van der Waals surface area contributed by atoms with Crippen molar-refractivity contribution in [3.63, 3.8) is 0 Å². The molecule has 0 saturated carbocycles. The van der Waals surface area contributed by atoms with Gasteiger partial charge >= 0.3 is 11.9 Å². The molecule has 8 heteroatoms. The Morgan fingerprint density at radius 2 is 1.57 bits per heavy atom. The van der Waals surface area contributed by atoms with Gasteiger partial charge in [-0.1, -0.05) is 60.2 Å². The molecule has 0 aliphatic rings. The van der Waals surface area contributed by atoms with E-state index in [9.17, 15) is 14.7 Å². The third-order valence-electron chi connectivity index (χ3n) is 6.15. The van der Waals surface area contributed by atoms with Crippen LogP contribution in [0.5, 0.6) is 11.5 Å². The van der Waals surface area contributed by atoms with Gasteiger partial charge in [0.1, 0.15) is 31.3 Å². The first-order chi connectivity index (χ1) is 19.4. The van der Waals surface area contributed by atoms with E-state index < -0.39 is 11.9 Å². The Bertz CT molecular complexity index is 1520. The van der Waals surface area contributed by atoms with Crippen molar-refractivity contribution < 1.29 is 29.3 Å². The normalized spacial score (nSPS) is 11.4. The van der Waals surface area contributed by atoms with Crippen LogP contribution in [0.3, 0.4) is 0 Å². The van der Waals surface area contributed by atoms with Gasteiger partial charge in [-0.3, -0.25) is 9.59 Å². The molecule has 0 saturated heterocycles. The molecule has 2 N–H and O–H groups in total. The minimum Gasteiger partial charge on any atom is -0.490 e. The Morgan fingerprint density at radius 1 is 0.850 bits per heavy atom. The lowest BCUT2D eigenvalue weighted by Gasteiger charge is -2.06. The first-order valence-corrected chi connectivity index (χ1v) is 13.3. The van der Waals surface area contributed by atoms with Gasteiger partial charge in [0.2, 0.25) is 0 Å². The number of carboxylic acids is 2. The number of benzene rings is 3. The lowest BCUT2D eigenvalue weighted by atomic mass is 10.0. The molecule has 0 atom stereocenters. The number of aliphatic carboxylic acids is 2. The molecule has 1 heterocycles. The molecule has 0 radical (unpaired) electrons. The van der Waals surface area contributed by atoms with Crippen LogP contribution in [0.2, 0.25) is 5.02 Å². The third kappa shape index (κ3) is 8.25. The SMILES string of the molecule is O=C(O)CCCc1cn(CC(=O)O)c2c(C=Cc3ccc(OCC=CCOc4cccc(Cl)c4)cc3)cccc12. The minimum absolute atomic E-state index is 0.0690. The molecule has 7 nitrogen and oxygen atoms in total. The van der Waals surface area contributed by atoms with Crippen LogP contribution < -0.4 is 9.47 Å². The number of ether oxygens (including phenoxy) is 2. The van der Waals surface area contributed by atoms with Crippen molar-refractivity contribution in [2.45, 2.75) is 25.8 Å². The molecule has 0 amide bonds. The second-order valence-corrected chi connectivity index (χ2v) is 9.56. The van der Waals surface area contributed by atoms with Crippen molar-refractivity contribution in [3.05, 3.63) is 107 Å². The number of nitrogens with zero attached hydrogens (tertiary/aromatic N) is 1. The van der Waals surface area contributed by atoms with Gasteiger partial charge in [0, 0.05) is 23.0 Å². The van der Waals surface area contributed by atoms with Crippen LogP contribution in [0.1, 0.15) is 29.5 Å². The highest BCUT2D eigenvalue weighted by molar-refractivity contribution is 6.30. The molecule has 3 aromatic carbocycles. The van der Waals surface area contributed by atoms with Crippen LogP contribution in [0.15, 0.2) is 85.1 Å². The van der Waals surface area contributed by atoms with E-state index in [1.807, 2.05) is 85.1 Å². The lowest BCUT2D eigenvalue weighted by Crippen LogP contribution is -2.07. The number of aryl methyl sites for hydroxylation is 1. The summed E-state index contributed by atoms with van der Waals surface area (Å²) in [7, 11) is 0. The molecule has 0 spiro atoms. The predicted molar refractivity (Wildman–Crippen MR) is 157 cm³/mol. The number of aromatic nitrogens is 1. The summed E-state index contributed by atoms with van der Waals surface area (Å²) in [6.07, 6.45) is 10.6. The Labute approximate surface area is 237 Å². The topological polar surface area (TPSA) is 98.0 Å². The average Bonchev–Trinajstić information content (AvgIpc) is 3.27. The van der Waals surface area contributed by atoms with E-state index in [1.165, 1.54) is 0 Å². The molecular formula is C32H30ClNO6. The number of para-hydroxylation sites is 1. The van der Waals surface area contributed by atoms with E-state index in [1.54, 1.807) is 16.7 Å². The standard InChI is InChI=1S/C32H30ClNO6/c33-26-8-5-9-28(20-26)40-19-2-1-18-39-27-16-13-23(14-17-27)12-15-24-6-3-10-29-25(7-4-11-30(35)36)21-34(32(24)29)22-31(37)38/h1-3,5-6,8-10,12-17,20-21H,4,7,11,18-19,22H2,(H,35,36)(H,37,38). The van der Waals surface area contributed by atoms with E-state index in [-0.39, 0.29) is 13.0 Å². The highest BCUT2D eigenvalue weighted by atomic mass is 35.5. The molecule has 40 heavy (non-hydrogen) atoms. The van der Waals surface area contributed by atoms with E-state index >= 15 is 0 Å². The quantitative estimate of drug-likeness (QED) is 0.128. The predicted octanol–water partition coefficient (Wildman–Crippen LogP) is 6.97. The number of rotatable bonds is 14. The van der Waals surface area contributed by atoms with Crippen LogP contribution >= 0.6 is 11.6 Å². The van der Waals surface area contributed by atoms with Gasteiger partial charge < -0.3 is 24.3 Å². The minimum atomic E-state index is -0.938. The average molecular weight is 560 g/mol. The maximum absolute atomic E-state index is 11.5. The first kappa shape index (κ1) is 28.5. The van der Waals surface area contributed by atoms with Gasteiger partial charge in [0.25, 0.3) is 0 Å². The molecule has 0 bridgehead atoms. The number of carboxylic acid groups (broad SMARTS) is 2. The zero-order chi connectivity index (χ0) is 28.3. The monoisotopic (exact) mass is 559 g/mol. The van der Waals surface area contributed by atoms with Crippen molar-refractivity contribution in [1.29, 1.82) is 0 Å². The molecule has 1 aromatic heterocycles. The maximum Gasteiger partial charge on any atom is 0.323 e. The molecule has 0 unspecified atom stereocenters. The van der Waals surface area contributed by atoms with Crippen LogP contribution in [0.25, 0.3) is 23.1 Å². The van der Waals surface area contributed by atoms with Crippen molar-refractivity contribution >= 4 is 46.6 Å². The fourth-order valence-corrected chi connectivity index (χ4v) is 4.52. The molecule has 0 fully saturated rings. The first-order valence-electron chi connectivity index (χ1n) is 12.9. The van der Waals surface area contributed by atoms with Crippen molar-refractivity contribution in [3.8, 4) is 11.5 Å². The lowest BCUT2D eigenvalue weighted by molar-refractivity contribution is -0.138. The molecule has 4 rings (SSSR count). The van der Waals surface area contributed by atoms with Crippen LogP contribution in [0, 0.1) is 0 Å². The third-order valence-corrected chi connectivity index (χ3v) is 6.38. The van der Waals surface area contributed by atoms with Gasteiger partial charge in [-0.15, -0.1) is 0 Å². The van der Waals surface area contributed by atoms with Crippen LogP contribution in [0.4, 0.5) is 0 Å². The Morgan fingerprint density at radius 3 is 2.27 bits per heavy atom. The van der Waals surface area contributed by atoms with E-state index in [0.29, 0.717) is 36.8 Å². The molecular weight excluding hydrogens is 530 g/mol. The van der Waals surface area contributed by atoms with E-state index in [2.05, 4.69) is 0 Å². The summed E-state index contributed by atoms with van der Waals surface area (Å²) in [5.41, 5.74) is 3.61. The molecule has 0 aliphatic carbocycles. The second kappa shape index (κ2) is 14.1. The van der Waals surface area contributed by atoms with Gasteiger partial charge in [-0.25, -0.2) is 0 Å². The van der Waals surface area contributed by atoms with Crippen LogP contribution in [-0.4, -0.2) is 39.9 Å². The summed E-state index contributed by atoms with van der Waals surface area (Å²) in [5, 5.41) is 20.0. The summed E-state index contributed by atoms with van der Waals surface area (Å²) < 4.78 is 13.1. The molecule has 4 aromatic rings.